The van der Waals surface area contributed by atoms with Gasteiger partial charge in [-0.05, 0) is 23.8 Å². The zero-order chi connectivity index (χ0) is 22.4. The monoisotopic (exact) mass is 440 g/mol. The van der Waals surface area contributed by atoms with Crippen molar-refractivity contribution in [2.75, 3.05) is 20.1 Å². The lowest BCUT2D eigenvalue weighted by molar-refractivity contribution is 0.0785. The fourth-order valence-corrected chi connectivity index (χ4v) is 4.92. The number of carbonyl (C=O) groups excluding carboxylic acids is 1. The van der Waals surface area contributed by atoms with Crippen LogP contribution < -0.4 is 0 Å². The van der Waals surface area contributed by atoms with E-state index in [4.69, 9.17) is 0 Å². The standard InChI is InChI=1S/C23H28N4O3S/c1-4-27(5-2)31(29,30)22-13-9-12-21(14-22)23(28)25(3)16-20-15-24-26(18-20)17-19-10-7-6-8-11-19/h6-15,18H,4-5,16-17H2,1-3H3. The summed E-state index contributed by atoms with van der Waals surface area (Å²) in [5.74, 6) is -0.243. The predicted molar refractivity (Wildman–Crippen MR) is 120 cm³/mol. The van der Waals surface area contributed by atoms with Gasteiger partial charge >= 0.3 is 0 Å². The van der Waals surface area contributed by atoms with E-state index >= 15 is 0 Å². The van der Waals surface area contributed by atoms with E-state index in [1.807, 2.05) is 41.2 Å². The molecule has 0 radical (unpaired) electrons. The fourth-order valence-electron chi connectivity index (χ4n) is 3.41. The third-order valence-electron chi connectivity index (χ3n) is 5.06. The Morgan fingerprint density at radius 3 is 2.39 bits per heavy atom. The largest absolute Gasteiger partial charge is 0.337 e. The Balaban J connectivity index is 1.71. The van der Waals surface area contributed by atoms with Crippen molar-refractivity contribution >= 4 is 15.9 Å². The molecule has 0 fully saturated rings. The number of hydrogen-bond donors (Lipinski definition) is 0. The van der Waals surface area contributed by atoms with E-state index in [0.717, 1.165) is 11.1 Å². The summed E-state index contributed by atoms with van der Waals surface area (Å²) in [7, 11) is -1.92. The van der Waals surface area contributed by atoms with Crippen LogP contribution in [0.5, 0.6) is 0 Å². The zero-order valence-electron chi connectivity index (χ0n) is 18.1. The highest BCUT2D eigenvalue weighted by molar-refractivity contribution is 7.89. The van der Waals surface area contributed by atoms with Crippen molar-refractivity contribution < 1.29 is 13.2 Å². The minimum atomic E-state index is -3.62. The van der Waals surface area contributed by atoms with E-state index in [9.17, 15) is 13.2 Å². The molecule has 1 aromatic heterocycles. The molecule has 31 heavy (non-hydrogen) atoms. The van der Waals surface area contributed by atoms with Crippen molar-refractivity contribution in [3.63, 3.8) is 0 Å². The average molecular weight is 441 g/mol. The van der Waals surface area contributed by atoms with Crippen molar-refractivity contribution in [3.05, 3.63) is 83.7 Å². The first-order valence-corrected chi connectivity index (χ1v) is 11.7. The number of sulfonamides is 1. The number of hydrogen-bond acceptors (Lipinski definition) is 4. The summed E-state index contributed by atoms with van der Waals surface area (Å²) in [6.45, 7) is 5.38. The van der Waals surface area contributed by atoms with Crippen molar-refractivity contribution in [2.24, 2.45) is 0 Å². The van der Waals surface area contributed by atoms with Gasteiger partial charge in [0.15, 0.2) is 0 Å². The van der Waals surface area contributed by atoms with Gasteiger partial charge in [-0.25, -0.2) is 8.42 Å². The first-order valence-electron chi connectivity index (χ1n) is 10.3. The van der Waals surface area contributed by atoms with Crippen LogP contribution in [0.4, 0.5) is 0 Å². The summed E-state index contributed by atoms with van der Waals surface area (Å²) in [5.41, 5.74) is 2.39. The van der Waals surface area contributed by atoms with Gasteiger partial charge in [-0.15, -0.1) is 0 Å². The SMILES string of the molecule is CCN(CC)S(=O)(=O)c1cccc(C(=O)N(C)Cc2cnn(Cc3ccccc3)c2)c1. The number of amides is 1. The topological polar surface area (TPSA) is 75.5 Å². The number of aromatic nitrogens is 2. The molecule has 2 aromatic carbocycles. The molecule has 1 amide bonds. The molecule has 0 spiro atoms. The van der Waals surface area contributed by atoms with Crippen LogP contribution in [-0.2, 0) is 23.1 Å². The van der Waals surface area contributed by atoms with Gasteiger partial charge in [-0.1, -0.05) is 50.2 Å². The molecule has 0 aliphatic heterocycles. The summed E-state index contributed by atoms with van der Waals surface area (Å²) in [4.78, 5) is 14.6. The molecule has 7 nitrogen and oxygen atoms in total. The predicted octanol–water partition coefficient (Wildman–Crippen LogP) is 3.23. The van der Waals surface area contributed by atoms with Crippen LogP contribution in [-0.4, -0.2) is 53.4 Å². The second kappa shape index (κ2) is 9.89. The maximum atomic E-state index is 12.9. The molecular weight excluding hydrogens is 412 g/mol. The van der Waals surface area contributed by atoms with Gasteiger partial charge < -0.3 is 4.90 Å². The summed E-state index contributed by atoms with van der Waals surface area (Å²) < 4.78 is 28.8. The van der Waals surface area contributed by atoms with Gasteiger partial charge in [0.25, 0.3) is 5.91 Å². The van der Waals surface area contributed by atoms with Crippen LogP contribution in [0, 0.1) is 0 Å². The molecule has 0 aliphatic rings. The summed E-state index contributed by atoms with van der Waals surface area (Å²) >= 11 is 0. The van der Waals surface area contributed by atoms with Gasteiger partial charge in [0, 0.05) is 44.0 Å². The molecule has 164 valence electrons. The average Bonchev–Trinajstić information content (AvgIpc) is 3.21. The van der Waals surface area contributed by atoms with Crippen molar-refractivity contribution in [1.82, 2.24) is 19.0 Å². The molecule has 0 N–H and O–H groups in total. The fraction of sp³-hybridized carbons (Fsp3) is 0.304. The highest BCUT2D eigenvalue weighted by Gasteiger charge is 2.23. The third kappa shape index (κ3) is 5.39. The zero-order valence-corrected chi connectivity index (χ0v) is 18.9. The van der Waals surface area contributed by atoms with Crippen molar-refractivity contribution in [2.45, 2.75) is 31.8 Å². The van der Waals surface area contributed by atoms with Gasteiger partial charge in [0.05, 0.1) is 17.6 Å². The van der Waals surface area contributed by atoms with E-state index < -0.39 is 10.0 Å². The Hall–Kier alpha value is -2.97. The Morgan fingerprint density at radius 2 is 1.71 bits per heavy atom. The molecule has 0 bridgehead atoms. The number of nitrogens with zero attached hydrogens (tertiary/aromatic N) is 4. The van der Waals surface area contributed by atoms with E-state index in [2.05, 4.69) is 5.10 Å². The summed E-state index contributed by atoms with van der Waals surface area (Å²) in [5, 5.41) is 4.38. The molecule has 1 heterocycles. The van der Waals surface area contributed by atoms with Crippen molar-refractivity contribution in [3.8, 4) is 0 Å². The normalized spacial score (nSPS) is 11.6. The molecule has 0 aliphatic carbocycles. The molecule has 0 atom stereocenters. The van der Waals surface area contributed by atoms with Crippen LogP contribution in [0.25, 0.3) is 0 Å². The number of carbonyl (C=O) groups is 1. The maximum Gasteiger partial charge on any atom is 0.253 e. The quantitative estimate of drug-likeness (QED) is 0.512. The molecule has 8 heteroatoms. The van der Waals surface area contributed by atoms with Gasteiger partial charge in [0.1, 0.15) is 0 Å². The van der Waals surface area contributed by atoms with E-state index in [0.29, 0.717) is 31.7 Å². The van der Waals surface area contributed by atoms with E-state index in [1.165, 1.54) is 16.4 Å². The third-order valence-corrected chi connectivity index (χ3v) is 7.11. The van der Waals surface area contributed by atoms with Crippen molar-refractivity contribution in [1.29, 1.82) is 0 Å². The molecular formula is C23H28N4O3S. The highest BCUT2D eigenvalue weighted by atomic mass is 32.2. The summed E-state index contributed by atoms with van der Waals surface area (Å²) in [6.07, 6.45) is 3.66. The Labute approximate surface area is 184 Å². The van der Waals surface area contributed by atoms with Crippen LogP contribution >= 0.6 is 0 Å². The van der Waals surface area contributed by atoms with E-state index in [1.54, 1.807) is 44.1 Å². The van der Waals surface area contributed by atoms with Gasteiger partial charge in [-0.3, -0.25) is 9.48 Å². The minimum Gasteiger partial charge on any atom is -0.337 e. The van der Waals surface area contributed by atoms with Crippen LogP contribution in [0.2, 0.25) is 0 Å². The Morgan fingerprint density at radius 1 is 1.00 bits per heavy atom. The molecule has 3 rings (SSSR count). The van der Waals surface area contributed by atoms with Crippen LogP contribution in [0.1, 0.15) is 35.3 Å². The van der Waals surface area contributed by atoms with Gasteiger partial charge in [0.2, 0.25) is 10.0 Å². The molecule has 0 saturated heterocycles. The maximum absolute atomic E-state index is 12.9. The number of benzene rings is 2. The Kier molecular flexibility index (Phi) is 7.25. The van der Waals surface area contributed by atoms with Crippen LogP contribution in [0.15, 0.2) is 71.9 Å². The molecule has 0 saturated carbocycles. The summed E-state index contributed by atoms with van der Waals surface area (Å²) in [6, 6.07) is 16.2. The second-order valence-electron chi connectivity index (χ2n) is 7.31. The van der Waals surface area contributed by atoms with Crippen LogP contribution in [0.3, 0.4) is 0 Å². The lowest BCUT2D eigenvalue weighted by Gasteiger charge is -2.20. The lowest BCUT2D eigenvalue weighted by Crippen LogP contribution is -2.31. The smallest absolute Gasteiger partial charge is 0.253 e. The molecule has 0 unspecified atom stereocenters. The highest BCUT2D eigenvalue weighted by Crippen LogP contribution is 2.18. The lowest BCUT2D eigenvalue weighted by atomic mass is 10.2. The second-order valence-corrected chi connectivity index (χ2v) is 9.25. The molecule has 3 aromatic rings. The van der Waals surface area contributed by atoms with E-state index in [-0.39, 0.29) is 10.8 Å². The number of rotatable bonds is 9. The Bertz CT molecular complexity index is 1120. The first-order chi connectivity index (χ1) is 14.8. The first kappa shape index (κ1) is 22.7. The van der Waals surface area contributed by atoms with Gasteiger partial charge in [-0.2, -0.15) is 9.40 Å². The minimum absolute atomic E-state index is 0.131.